The maximum atomic E-state index is 4.37. The van der Waals surface area contributed by atoms with Crippen molar-refractivity contribution in [3.8, 4) is 0 Å². The number of rotatable bonds is 9. The smallest absolute Gasteiger partial charge is 0.138 e. The average Bonchev–Trinajstić information content (AvgIpc) is 2.75. The Kier molecular flexibility index (Phi) is 7.52. The lowest BCUT2D eigenvalue weighted by Crippen LogP contribution is -2.20. The summed E-state index contributed by atoms with van der Waals surface area (Å²) in [6.07, 6.45) is 5.95. The van der Waals surface area contributed by atoms with E-state index in [2.05, 4.69) is 56.1 Å². The van der Waals surface area contributed by atoms with Crippen molar-refractivity contribution in [2.24, 2.45) is 11.8 Å². The number of hydrogen-bond acceptors (Lipinski definition) is 3. The van der Waals surface area contributed by atoms with Gasteiger partial charge in [-0.2, -0.15) is 5.10 Å². The highest BCUT2D eigenvalue weighted by molar-refractivity contribution is 5.06. The third kappa shape index (κ3) is 6.85. The summed E-state index contributed by atoms with van der Waals surface area (Å²) in [7, 11) is 0. The summed E-state index contributed by atoms with van der Waals surface area (Å²) in [4.78, 5) is 4.37. The zero-order chi connectivity index (χ0) is 15.0. The molecule has 0 unspecified atom stereocenters. The van der Waals surface area contributed by atoms with Crippen LogP contribution in [0.25, 0.3) is 0 Å². The first-order chi connectivity index (χ1) is 9.49. The maximum absolute atomic E-state index is 4.37. The summed E-state index contributed by atoms with van der Waals surface area (Å²) < 4.78 is 2.03. The van der Waals surface area contributed by atoms with Gasteiger partial charge < -0.3 is 5.32 Å². The lowest BCUT2D eigenvalue weighted by atomic mass is 10.1. The Morgan fingerprint density at radius 2 is 2.05 bits per heavy atom. The monoisotopic (exact) mass is 278 g/mol. The molecule has 1 rings (SSSR count). The van der Waals surface area contributed by atoms with Gasteiger partial charge in [0.25, 0.3) is 0 Å². The Balaban J connectivity index is 2.37. The first-order valence-electron chi connectivity index (χ1n) is 7.72. The number of aromatic nitrogens is 3. The summed E-state index contributed by atoms with van der Waals surface area (Å²) >= 11 is 0. The average molecular weight is 278 g/mol. The van der Waals surface area contributed by atoms with E-state index in [1.54, 1.807) is 6.33 Å². The van der Waals surface area contributed by atoms with Crippen LogP contribution in [0, 0.1) is 11.8 Å². The van der Waals surface area contributed by atoms with E-state index >= 15 is 0 Å². The van der Waals surface area contributed by atoms with Crippen molar-refractivity contribution in [2.75, 3.05) is 13.1 Å². The molecule has 0 amide bonds. The second-order valence-electron chi connectivity index (χ2n) is 6.37. The minimum atomic E-state index is 0.597. The van der Waals surface area contributed by atoms with Crippen molar-refractivity contribution >= 4 is 0 Å². The topological polar surface area (TPSA) is 42.7 Å². The van der Waals surface area contributed by atoms with Gasteiger partial charge in [0.2, 0.25) is 0 Å². The van der Waals surface area contributed by atoms with Gasteiger partial charge in [0.05, 0.1) is 0 Å². The normalized spacial score (nSPS) is 12.7. The SMILES string of the molecule is CC(=CCCNCC(C)C)Cc1ncnn1CC(C)C. The van der Waals surface area contributed by atoms with E-state index in [9.17, 15) is 0 Å². The quantitative estimate of drug-likeness (QED) is 0.557. The summed E-state index contributed by atoms with van der Waals surface area (Å²) in [6.45, 7) is 14.1. The van der Waals surface area contributed by atoms with Gasteiger partial charge in [-0.15, -0.1) is 0 Å². The van der Waals surface area contributed by atoms with Crippen LogP contribution < -0.4 is 5.32 Å². The van der Waals surface area contributed by atoms with Crippen LogP contribution in [0.3, 0.4) is 0 Å². The van der Waals surface area contributed by atoms with Crippen molar-refractivity contribution in [3.63, 3.8) is 0 Å². The highest BCUT2D eigenvalue weighted by Crippen LogP contribution is 2.07. The molecule has 0 aliphatic heterocycles. The van der Waals surface area contributed by atoms with Crippen LogP contribution in [0.5, 0.6) is 0 Å². The van der Waals surface area contributed by atoms with Gasteiger partial charge in [-0.25, -0.2) is 9.67 Å². The van der Waals surface area contributed by atoms with E-state index in [0.717, 1.165) is 44.2 Å². The number of nitrogens with one attached hydrogen (secondary N) is 1. The molecule has 4 nitrogen and oxygen atoms in total. The molecule has 0 saturated carbocycles. The molecule has 1 N–H and O–H groups in total. The van der Waals surface area contributed by atoms with Gasteiger partial charge in [-0.1, -0.05) is 39.3 Å². The Bertz CT molecular complexity index is 404. The molecular formula is C16H30N4. The molecule has 0 aliphatic rings. The van der Waals surface area contributed by atoms with Crippen LogP contribution in [0.2, 0.25) is 0 Å². The van der Waals surface area contributed by atoms with Gasteiger partial charge in [-0.3, -0.25) is 0 Å². The van der Waals surface area contributed by atoms with Crippen LogP contribution in [0.1, 0.15) is 46.9 Å². The molecule has 0 atom stereocenters. The van der Waals surface area contributed by atoms with Crippen LogP contribution in [-0.2, 0) is 13.0 Å². The van der Waals surface area contributed by atoms with Crippen molar-refractivity contribution in [2.45, 2.75) is 54.0 Å². The molecule has 1 aromatic heterocycles. The van der Waals surface area contributed by atoms with Crippen molar-refractivity contribution in [1.29, 1.82) is 0 Å². The Morgan fingerprint density at radius 1 is 1.30 bits per heavy atom. The van der Waals surface area contributed by atoms with Crippen LogP contribution in [0.15, 0.2) is 18.0 Å². The number of nitrogens with zero attached hydrogens (tertiary/aromatic N) is 3. The number of hydrogen-bond donors (Lipinski definition) is 1. The first kappa shape index (κ1) is 16.9. The van der Waals surface area contributed by atoms with E-state index < -0.39 is 0 Å². The lowest BCUT2D eigenvalue weighted by Gasteiger charge is -2.09. The minimum Gasteiger partial charge on any atom is -0.316 e. The van der Waals surface area contributed by atoms with Gasteiger partial charge in [0.15, 0.2) is 0 Å². The lowest BCUT2D eigenvalue weighted by molar-refractivity contribution is 0.468. The molecule has 0 aromatic carbocycles. The molecule has 114 valence electrons. The standard InChI is InChI=1S/C16H30N4/c1-13(2)10-17-8-6-7-15(5)9-16-18-12-19-20(16)11-14(3)4/h7,12-14,17H,6,8-11H2,1-5H3. The predicted molar refractivity (Wildman–Crippen MR) is 84.6 cm³/mol. The third-order valence-corrected chi connectivity index (χ3v) is 3.04. The van der Waals surface area contributed by atoms with Crippen molar-refractivity contribution in [3.05, 3.63) is 23.8 Å². The molecule has 0 aliphatic carbocycles. The highest BCUT2D eigenvalue weighted by atomic mass is 15.3. The number of allylic oxidation sites excluding steroid dienone is 1. The molecule has 1 aromatic rings. The van der Waals surface area contributed by atoms with Gasteiger partial charge in [0.1, 0.15) is 12.2 Å². The van der Waals surface area contributed by atoms with Gasteiger partial charge in [-0.05, 0) is 38.3 Å². The van der Waals surface area contributed by atoms with Gasteiger partial charge >= 0.3 is 0 Å². The Labute approximate surface area is 123 Å². The predicted octanol–water partition coefficient (Wildman–Crippen LogP) is 3.06. The molecule has 20 heavy (non-hydrogen) atoms. The molecule has 0 spiro atoms. The molecule has 0 bridgehead atoms. The maximum Gasteiger partial charge on any atom is 0.138 e. The van der Waals surface area contributed by atoms with E-state index in [4.69, 9.17) is 0 Å². The fourth-order valence-corrected chi connectivity index (χ4v) is 2.06. The summed E-state index contributed by atoms with van der Waals surface area (Å²) in [5, 5.41) is 7.76. The summed E-state index contributed by atoms with van der Waals surface area (Å²) in [5.74, 6) is 2.39. The summed E-state index contributed by atoms with van der Waals surface area (Å²) in [6, 6.07) is 0. The fraction of sp³-hybridized carbons (Fsp3) is 0.750. The molecule has 1 heterocycles. The largest absolute Gasteiger partial charge is 0.316 e. The summed E-state index contributed by atoms with van der Waals surface area (Å²) in [5.41, 5.74) is 1.37. The van der Waals surface area contributed by atoms with Crippen LogP contribution >= 0.6 is 0 Å². The Morgan fingerprint density at radius 3 is 2.70 bits per heavy atom. The van der Waals surface area contributed by atoms with E-state index in [0.29, 0.717) is 5.92 Å². The van der Waals surface area contributed by atoms with Crippen molar-refractivity contribution in [1.82, 2.24) is 20.1 Å². The molecular weight excluding hydrogens is 248 g/mol. The minimum absolute atomic E-state index is 0.597. The first-order valence-corrected chi connectivity index (χ1v) is 7.72. The van der Waals surface area contributed by atoms with E-state index in [-0.39, 0.29) is 0 Å². The van der Waals surface area contributed by atoms with E-state index in [1.165, 1.54) is 5.57 Å². The third-order valence-electron chi connectivity index (χ3n) is 3.04. The van der Waals surface area contributed by atoms with Gasteiger partial charge in [0, 0.05) is 13.0 Å². The fourth-order valence-electron chi connectivity index (χ4n) is 2.06. The highest BCUT2D eigenvalue weighted by Gasteiger charge is 2.06. The second-order valence-corrected chi connectivity index (χ2v) is 6.37. The molecule has 0 saturated heterocycles. The molecule has 0 fully saturated rings. The zero-order valence-electron chi connectivity index (χ0n) is 13.7. The second kappa shape index (κ2) is 8.90. The Hall–Kier alpha value is -1.16. The van der Waals surface area contributed by atoms with Crippen molar-refractivity contribution < 1.29 is 0 Å². The molecule has 4 heteroatoms. The van der Waals surface area contributed by atoms with Crippen LogP contribution in [0.4, 0.5) is 0 Å². The zero-order valence-corrected chi connectivity index (χ0v) is 13.7. The van der Waals surface area contributed by atoms with Crippen LogP contribution in [-0.4, -0.2) is 27.9 Å². The van der Waals surface area contributed by atoms with E-state index in [1.807, 2.05) is 4.68 Å². The molecule has 0 radical (unpaired) electrons.